The van der Waals surface area contributed by atoms with Gasteiger partial charge in [0, 0.05) is 65.7 Å². The van der Waals surface area contributed by atoms with Crippen LogP contribution >= 0.6 is 0 Å². The van der Waals surface area contributed by atoms with Crippen molar-refractivity contribution >= 4 is 74.7 Å². The number of piperidine rings is 1. The number of ether oxygens (including phenoxy) is 2. The second-order valence-corrected chi connectivity index (χ2v) is 16.1. The van der Waals surface area contributed by atoms with Crippen LogP contribution in [0, 0.1) is 0 Å². The molecule has 2 aliphatic heterocycles. The van der Waals surface area contributed by atoms with Gasteiger partial charge in [0.15, 0.2) is 5.76 Å². The number of para-hydroxylation sites is 1. The number of aromatic nitrogens is 1. The maximum atomic E-state index is 14.8. The van der Waals surface area contributed by atoms with Crippen LogP contribution in [0.5, 0.6) is 0 Å². The standard InChI is InChI=1S/C51H45N7O11/c59-42-20-19-38(46(60)55-42)58-49(63)36-13-6-14-37(43(36)51(58)65)53-22-25-66-27-28-67-26-23-54-47(61)44(31-9-2-1-3-10-31)56-48(62)45(32-11-7-21-52-30-32)57(50(64)40-16-8-24-68-40)33-17-18-35-34-12-4-5-15-39(34)69-41(35)29-33/h1-18,21,24,29-30,38,44-45,53H,19-20,22-23,25-28H2,(H,54,61)(H,56,62)(H,55,59,60). The highest BCUT2D eigenvalue weighted by Gasteiger charge is 2.45. The van der Waals surface area contributed by atoms with Crippen LogP contribution < -0.4 is 26.2 Å². The summed E-state index contributed by atoms with van der Waals surface area (Å²) in [6, 6.07) is 29.2. The SMILES string of the molecule is O=C1CCC(N2C(=O)c3cccc(NCCOCCOCCNC(=O)C(NC(=O)C(c4cccnc4)N(C(=O)c4ccco4)c4ccc5c(c4)oc4ccccc45)c4ccccc4)c3C2=O)C(=O)N1. The second-order valence-electron chi connectivity index (χ2n) is 16.1. The van der Waals surface area contributed by atoms with E-state index in [4.69, 9.17) is 18.3 Å². The molecule has 1 saturated heterocycles. The van der Waals surface area contributed by atoms with E-state index in [9.17, 15) is 33.6 Å². The Morgan fingerprint density at radius 1 is 0.768 bits per heavy atom. The molecule has 69 heavy (non-hydrogen) atoms. The third-order valence-electron chi connectivity index (χ3n) is 11.7. The fraction of sp³-hybridized carbons (Fsp3) is 0.216. The van der Waals surface area contributed by atoms with Gasteiger partial charge in [0.25, 0.3) is 17.7 Å². The van der Waals surface area contributed by atoms with Gasteiger partial charge in [0.1, 0.15) is 29.3 Å². The van der Waals surface area contributed by atoms with E-state index in [-0.39, 0.29) is 69.2 Å². The molecule has 3 aromatic heterocycles. The number of nitrogens with zero attached hydrogens (tertiary/aromatic N) is 3. The van der Waals surface area contributed by atoms with Gasteiger partial charge in [0.05, 0.1) is 43.8 Å². The minimum atomic E-state index is -1.34. The van der Waals surface area contributed by atoms with E-state index in [1.807, 2.05) is 30.3 Å². The zero-order valence-corrected chi connectivity index (χ0v) is 36.9. The second kappa shape index (κ2) is 20.6. The zero-order chi connectivity index (χ0) is 47.9. The van der Waals surface area contributed by atoms with Crippen molar-refractivity contribution in [2.45, 2.75) is 31.0 Å². The summed E-state index contributed by atoms with van der Waals surface area (Å²) in [6.07, 6.45) is 4.49. The largest absolute Gasteiger partial charge is 0.459 e. The average Bonchev–Trinajstić information content (AvgIpc) is 4.10. The molecule has 1 fully saturated rings. The molecule has 350 valence electrons. The number of nitrogens with one attached hydrogen (secondary N) is 4. The number of fused-ring (bicyclic) bond motifs is 4. The number of rotatable bonds is 19. The Kier molecular flexibility index (Phi) is 13.6. The lowest BCUT2D eigenvalue weighted by Gasteiger charge is -2.32. The van der Waals surface area contributed by atoms with E-state index in [1.54, 1.807) is 79.0 Å². The smallest absolute Gasteiger partial charge is 0.294 e. The highest BCUT2D eigenvalue weighted by molar-refractivity contribution is 6.25. The molecule has 7 amide bonds. The predicted molar refractivity (Wildman–Crippen MR) is 250 cm³/mol. The zero-order valence-electron chi connectivity index (χ0n) is 36.9. The number of benzene rings is 4. The van der Waals surface area contributed by atoms with Gasteiger partial charge in [0.2, 0.25) is 23.6 Å². The van der Waals surface area contributed by atoms with Gasteiger partial charge < -0.3 is 34.3 Å². The van der Waals surface area contributed by atoms with Crippen molar-refractivity contribution in [2.75, 3.05) is 49.7 Å². The minimum Gasteiger partial charge on any atom is -0.459 e. The van der Waals surface area contributed by atoms with Crippen LogP contribution in [0.4, 0.5) is 11.4 Å². The summed E-state index contributed by atoms with van der Waals surface area (Å²) < 4.78 is 23.2. The summed E-state index contributed by atoms with van der Waals surface area (Å²) in [6.45, 7) is 1.11. The average molecular weight is 932 g/mol. The first-order chi connectivity index (χ1) is 33.7. The molecule has 0 spiro atoms. The van der Waals surface area contributed by atoms with E-state index in [0.717, 1.165) is 15.7 Å². The van der Waals surface area contributed by atoms with Crippen LogP contribution in [-0.2, 0) is 28.7 Å². The summed E-state index contributed by atoms with van der Waals surface area (Å²) in [4.78, 5) is 100. The lowest BCUT2D eigenvalue weighted by molar-refractivity contribution is -0.136. The molecule has 7 aromatic rings. The fourth-order valence-electron chi connectivity index (χ4n) is 8.48. The summed E-state index contributed by atoms with van der Waals surface area (Å²) in [5.41, 5.74) is 3.08. The number of carbonyl (C=O) groups excluding carboxylic acids is 7. The van der Waals surface area contributed by atoms with Crippen LogP contribution in [-0.4, -0.2) is 96.8 Å². The van der Waals surface area contributed by atoms with E-state index < -0.39 is 59.5 Å². The normalized spacial score (nSPS) is 15.4. The first-order valence-corrected chi connectivity index (χ1v) is 22.2. The molecule has 0 bridgehead atoms. The molecule has 4 N–H and O–H groups in total. The number of anilines is 2. The minimum absolute atomic E-state index is 0.0195. The van der Waals surface area contributed by atoms with Gasteiger partial charge in [-0.1, -0.05) is 60.7 Å². The molecule has 5 heterocycles. The van der Waals surface area contributed by atoms with E-state index >= 15 is 0 Å². The van der Waals surface area contributed by atoms with Crippen molar-refractivity contribution in [1.82, 2.24) is 25.8 Å². The van der Waals surface area contributed by atoms with Crippen LogP contribution in [0.2, 0.25) is 0 Å². The molecular weight excluding hydrogens is 887 g/mol. The number of carbonyl (C=O) groups is 7. The van der Waals surface area contributed by atoms with Gasteiger partial charge in [-0.15, -0.1) is 0 Å². The van der Waals surface area contributed by atoms with Gasteiger partial charge in [-0.25, -0.2) is 0 Å². The van der Waals surface area contributed by atoms with Gasteiger partial charge in [-0.05, 0) is 60.5 Å². The number of hydrogen-bond donors (Lipinski definition) is 4. The summed E-state index contributed by atoms with van der Waals surface area (Å²) >= 11 is 0. The van der Waals surface area contributed by atoms with E-state index in [1.165, 1.54) is 29.5 Å². The number of furan rings is 2. The molecule has 9 rings (SSSR count). The first-order valence-electron chi connectivity index (χ1n) is 22.2. The Labute approximate surface area is 393 Å². The summed E-state index contributed by atoms with van der Waals surface area (Å²) in [5.74, 6) is -4.17. The number of amides is 7. The highest BCUT2D eigenvalue weighted by atomic mass is 16.5. The van der Waals surface area contributed by atoms with Gasteiger partial charge in [-0.3, -0.25) is 53.7 Å². The lowest BCUT2D eigenvalue weighted by Crippen LogP contribution is -2.54. The Hall–Kier alpha value is -8.48. The molecular formula is C51H45N7O11. The molecule has 3 unspecified atom stereocenters. The fourth-order valence-corrected chi connectivity index (χ4v) is 8.48. The van der Waals surface area contributed by atoms with Crippen LogP contribution in [0.1, 0.15) is 67.3 Å². The molecule has 18 nitrogen and oxygen atoms in total. The number of hydrogen-bond acceptors (Lipinski definition) is 13. The quantitative estimate of drug-likeness (QED) is 0.0582. The van der Waals surface area contributed by atoms with Crippen molar-refractivity contribution in [3.05, 3.63) is 162 Å². The maximum absolute atomic E-state index is 14.8. The Morgan fingerprint density at radius 2 is 1.54 bits per heavy atom. The highest BCUT2D eigenvalue weighted by Crippen LogP contribution is 2.36. The molecule has 0 saturated carbocycles. The monoisotopic (exact) mass is 931 g/mol. The molecule has 0 radical (unpaired) electrons. The number of pyridine rings is 1. The van der Waals surface area contributed by atoms with Crippen LogP contribution in [0.15, 0.2) is 143 Å². The molecule has 18 heteroatoms. The van der Waals surface area contributed by atoms with Gasteiger partial charge >= 0.3 is 0 Å². The van der Waals surface area contributed by atoms with E-state index in [2.05, 4.69) is 26.3 Å². The van der Waals surface area contributed by atoms with Crippen molar-refractivity contribution in [3.8, 4) is 0 Å². The van der Waals surface area contributed by atoms with Gasteiger partial charge in [-0.2, -0.15) is 0 Å². The van der Waals surface area contributed by atoms with E-state index in [0.29, 0.717) is 33.7 Å². The maximum Gasteiger partial charge on any atom is 0.294 e. The molecule has 3 atom stereocenters. The summed E-state index contributed by atoms with van der Waals surface area (Å²) in [7, 11) is 0. The third kappa shape index (κ3) is 9.70. The topological polar surface area (TPSA) is 232 Å². The first kappa shape index (κ1) is 45.7. The predicted octanol–water partition coefficient (Wildman–Crippen LogP) is 5.48. The Morgan fingerprint density at radius 3 is 2.30 bits per heavy atom. The Bertz CT molecular complexity index is 3050. The third-order valence-corrected chi connectivity index (χ3v) is 11.7. The Balaban J connectivity index is 0.813. The van der Waals surface area contributed by atoms with Crippen molar-refractivity contribution in [2.24, 2.45) is 0 Å². The van der Waals surface area contributed by atoms with Crippen molar-refractivity contribution < 1.29 is 51.9 Å². The van der Waals surface area contributed by atoms with Crippen molar-refractivity contribution in [3.63, 3.8) is 0 Å². The molecule has 2 aliphatic rings. The molecule has 0 aliphatic carbocycles. The number of imide groups is 2. The van der Waals surface area contributed by atoms with Crippen LogP contribution in [0.3, 0.4) is 0 Å². The molecule has 4 aromatic carbocycles. The van der Waals surface area contributed by atoms with Crippen LogP contribution in [0.25, 0.3) is 21.9 Å². The summed E-state index contributed by atoms with van der Waals surface area (Å²) in [5, 5.41) is 12.8. The lowest BCUT2D eigenvalue weighted by atomic mass is 10.0. The van der Waals surface area contributed by atoms with Crippen molar-refractivity contribution in [1.29, 1.82) is 0 Å².